The van der Waals surface area contributed by atoms with Gasteiger partial charge in [-0.25, -0.2) is 4.98 Å². The van der Waals surface area contributed by atoms with Crippen molar-refractivity contribution in [3.05, 3.63) is 82.0 Å². The first-order valence-electron chi connectivity index (χ1n) is 9.39. The summed E-state index contributed by atoms with van der Waals surface area (Å²) in [5, 5.41) is 4.52. The van der Waals surface area contributed by atoms with Crippen molar-refractivity contribution in [1.29, 1.82) is 0 Å². The molecule has 6 nitrogen and oxygen atoms in total. The Morgan fingerprint density at radius 1 is 1.17 bits per heavy atom. The first-order chi connectivity index (χ1) is 14.6. The lowest BCUT2D eigenvalue weighted by atomic mass is 9.98. The van der Waals surface area contributed by atoms with Crippen LogP contribution in [0.3, 0.4) is 0 Å². The highest BCUT2D eigenvalue weighted by Crippen LogP contribution is 2.36. The van der Waals surface area contributed by atoms with E-state index in [1.165, 1.54) is 0 Å². The van der Waals surface area contributed by atoms with Crippen molar-refractivity contribution >= 4 is 17.3 Å². The van der Waals surface area contributed by atoms with E-state index in [0.29, 0.717) is 22.4 Å². The Morgan fingerprint density at radius 3 is 2.73 bits per heavy atom. The van der Waals surface area contributed by atoms with Gasteiger partial charge in [0.05, 0.1) is 23.1 Å². The number of halogens is 1. The zero-order valence-electron chi connectivity index (χ0n) is 16.3. The van der Waals surface area contributed by atoms with Crippen LogP contribution in [0.1, 0.15) is 41.2 Å². The Hall–Kier alpha value is -3.69. The van der Waals surface area contributed by atoms with Gasteiger partial charge in [-0.1, -0.05) is 40.9 Å². The van der Waals surface area contributed by atoms with E-state index in [-0.39, 0.29) is 6.04 Å². The van der Waals surface area contributed by atoms with E-state index in [9.17, 15) is 0 Å². The first-order valence-corrected chi connectivity index (χ1v) is 9.76. The molecule has 0 spiro atoms. The summed E-state index contributed by atoms with van der Waals surface area (Å²) in [5.74, 6) is 3.62. The topological polar surface area (TPSA) is 69.1 Å². The molecule has 0 aliphatic carbocycles. The molecule has 2 aromatic heterocycles. The Labute approximate surface area is 178 Å². The summed E-state index contributed by atoms with van der Waals surface area (Å²) in [7, 11) is 0. The van der Waals surface area contributed by atoms with E-state index in [1.54, 1.807) is 13.3 Å². The van der Waals surface area contributed by atoms with Crippen LogP contribution in [-0.2, 0) is 0 Å². The van der Waals surface area contributed by atoms with Crippen LogP contribution in [0, 0.1) is 19.3 Å². The third-order valence-electron chi connectivity index (χ3n) is 5.06. The monoisotopic (exact) mass is 413 g/mol. The van der Waals surface area contributed by atoms with Gasteiger partial charge in [-0.05, 0) is 38.1 Å². The summed E-state index contributed by atoms with van der Waals surface area (Å²) < 4.78 is 7.39. The maximum atomic E-state index is 6.54. The van der Waals surface area contributed by atoms with Crippen molar-refractivity contribution in [1.82, 2.24) is 19.7 Å². The molecule has 1 aliphatic heterocycles. The fourth-order valence-corrected chi connectivity index (χ4v) is 3.95. The van der Waals surface area contributed by atoms with Gasteiger partial charge in [-0.15, -0.1) is 6.42 Å². The van der Waals surface area contributed by atoms with Gasteiger partial charge in [0.1, 0.15) is 6.33 Å². The van der Waals surface area contributed by atoms with E-state index in [2.05, 4.69) is 21.0 Å². The minimum atomic E-state index is -0.248. The smallest absolute Gasteiger partial charge is 0.278 e. The molecule has 30 heavy (non-hydrogen) atoms. The maximum Gasteiger partial charge on any atom is 0.278 e. The fraction of sp³-hybridized carbons (Fsp3) is 0.130. The van der Waals surface area contributed by atoms with Crippen LogP contribution in [0.4, 0.5) is 0 Å². The third-order valence-corrected chi connectivity index (χ3v) is 5.39. The van der Waals surface area contributed by atoms with Gasteiger partial charge < -0.3 is 4.52 Å². The van der Waals surface area contributed by atoms with Gasteiger partial charge >= 0.3 is 0 Å². The van der Waals surface area contributed by atoms with E-state index in [1.807, 2.05) is 54.0 Å². The molecule has 0 radical (unpaired) electrons. The van der Waals surface area contributed by atoms with Crippen molar-refractivity contribution in [2.45, 2.75) is 19.9 Å². The van der Waals surface area contributed by atoms with Crippen LogP contribution in [-0.4, -0.2) is 25.4 Å². The number of fused-ring (bicyclic) bond motifs is 3. The Kier molecular flexibility index (Phi) is 4.27. The standard InChI is InChI=1S/C23H16ClN5O/c1-4-15-9-10-19-17(11-15)20(16-7-5-6-8-18(16)24)26-13(2)22-21(25-12-29(19)22)23-27-14(3)28-30-23/h1,5-13H,2-3H3/t13-/m1/s1. The zero-order valence-corrected chi connectivity index (χ0v) is 17.1. The number of aryl methyl sites for hydroxylation is 1. The molecule has 0 N–H and O–H groups in total. The number of aliphatic imine (C=N–C) groups is 1. The average molecular weight is 414 g/mol. The molecule has 4 aromatic rings. The van der Waals surface area contributed by atoms with Crippen LogP contribution in [0.5, 0.6) is 0 Å². The number of terminal acetylenes is 1. The Morgan fingerprint density at radius 2 is 2.00 bits per heavy atom. The number of imidazole rings is 1. The summed E-state index contributed by atoms with van der Waals surface area (Å²) in [6, 6.07) is 13.2. The van der Waals surface area contributed by atoms with Gasteiger partial charge in [0, 0.05) is 21.7 Å². The molecule has 0 saturated heterocycles. The predicted octanol–water partition coefficient (Wildman–Crippen LogP) is 4.78. The van der Waals surface area contributed by atoms with Gasteiger partial charge in [0.15, 0.2) is 11.5 Å². The molecule has 7 heteroatoms. The van der Waals surface area contributed by atoms with E-state index >= 15 is 0 Å². The van der Waals surface area contributed by atoms with E-state index in [0.717, 1.165) is 33.8 Å². The van der Waals surface area contributed by atoms with Gasteiger partial charge in [-0.3, -0.25) is 9.56 Å². The Balaban J connectivity index is 1.81. The molecule has 0 saturated carbocycles. The van der Waals surface area contributed by atoms with Gasteiger partial charge in [0.25, 0.3) is 5.89 Å². The lowest BCUT2D eigenvalue weighted by molar-refractivity contribution is 0.424. The zero-order chi connectivity index (χ0) is 20.8. The SMILES string of the molecule is C#Cc1ccc2c(c1)C(c1ccccc1Cl)=N[C@H](C)c1c(-c3nc(C)no3)ncn1-2. The number of hydrogen-bond donors (Lipinski definition) is 0. The van der Waals surface area contributed by atoms with Crippen LogP contribution >= 0.6 is 11.6 Å². The maximum absolute atomic E-state index is 6.54. The second-order valence-electron chi connectivity index (χ2n) is 7.00. The Bertz CT molecular complexity index is 1360. The lowest BCUT2D eigenvalue weighted by Gasteiger charge is -2.13. The minimum Gasteiger partial charge on any atom is -0.332 e. The molecule has 3 heterocycles. The fourth-order valence-electron chi connectivity index (χ4n) is 3.72. The van der Waals surface area contributed by atoms with Gasteiger partial charge in [-0.2, -0.15) is 4.98 Å². The normalized spacial score (nSPS) is 15.0. The molecule has 0 bridgehead atoms. The highest BCUT2D eigenvalue weighted by atomic mass is 35.5. The number of nitrogens with zero attached hydrogens (tertiary/aromatic N) is 5. The summed E-state index contributed by atoms with van der Waals surface area (Å²) >= 11 is 6.54. The molecular formula is C23H16ClN5O. The molecular weight excluding hydrogens is 398 g/mol. The second-order valence-corrected chi connectivity index (χ2v) is 7.41. The van der Waals surface area contributed by atoms with Crippen LogP contribution < -0.4 is 0 Å². The highest BCUT2D eigenvalue weighted by Gasteiger charge is 2.29. The van der Waals surface area contributed by atoms with E-state index < -0.39 is 0 Å². The van der Waals surface area contributed by atoms with Crippen LogP contribution in [0.2, 0.25) is 5.02 Å². The van der Waals surface area contributed by atoms with Crippen molar-refractivity contribution in [3.8, 4) is 29.6 Å². The van der Waals surface area contributed by atoms with Crippen LogP contribution in [0.15, 0.2) is 58.3 Å². The van der Waals surface area contributed by atoms with E-state index in [4.69, 9.17) is 27.5 Å². The number of rotatable bonds is 2. The largest absolute Gasteiger partial charge is 0.332 e. The van der Waals surface area contributed by atoms with Crippen molar-refractivity contribution in [3.63, 3.8) is 0 Å². The van der Waals surface area contributed by atoms with Crippen molar-refractivity contribution in [2.75, 3.05) is 0 Å². The molecule has 1 atom stereocenters. The third kappa shape index (κ3) is 2.83. The lowest BCUT2D eigenvalue weighted by Crippen LogP contribution is -2.08. The molecule has 2 aromatic carbocycles. The predicted molar refractivity (Wildman–Crippen MR) is 115 cm³/mol. The highest BCUT2D eigenvalue weighted by molar-refractivity contribution is 6.35. The van der Waals surface area contributed by atoms with Crippen LogP contribution in [0.25, 0.3) is 17.3 Å². The molecule has 1 aliphatic rings. The molecule has 0 amide bonds. The summed E-state index contributed by atoms with van der Waals surface area (Å²) in [4.78, 5) is 14.0. The van der Waals surface area contributed by atoms with Crippen molar-refractivity contribution < 1.29 is 4.52 Å². The molecule has 146 valence electrons. The average Bonchev–Trinajstić information content (AvgIpc) is 3.35. The molecule has 0 unspecified atom stereocenters. The first kappa shape index (κ1) is 18.3. The summed E-state index contributed by atoms with van der Waals surface area (Å²) in [5.41, 5.74) is 5.64. The van der Waals surface area contributed by atoms with Gasteiger partial charge in [0.2, 0.25) is 0 Å². The number of benzene rings is 2. The second kappa shape index (κ2) is 6.97. The molecule has 5 rings (SSSR count). The summed E-state index contributed by atoms with van der Waals surface area (Å²) in [6.45, 7) is 3.78. The van der Waals surface area contributed by atoms with Crippen molar-refractivity contribution in [2.24, 2.45) is 4.99 Å². The summed E-state index contributed by atoms with van der Waals surface area (Å²) in [6.07, 6.45) is 7.43. The number of aromatic nitrogens is 4. The quantitative estimate of drug-likeness (QED) is 0.443. The molecule has 0 fully saturated rings. The number of hydrogen-bond acceptors (Lipinski definition) is 5. The minimum absolute atomic E-state index is 0.248.